The topological polar surface area (TPSA) is 113 Å². The summed E-state index contributed by atoms with van der Waals surface area (Å²) in [6, 6.07) is 0. The third kappa shape index (κ3) is 216. The standard InChI is InChI=1S/Fe.Mn.H3N.H3O4P/c;;;1-5(2,3)4/h;;1H3;(H3,1,2,3,4). The minimum Gasteiger partial charge on any atom is -0.344 e. The molecule has 8 heavy (non-hydrogen) atoms. The smallest absolute Gasteiger partial charge is 0.344 e. The van der Waals surface area contributed by atoms with Gasteiger partial charge in [0.2, 0.25) is 0 Å². The van der Waals surface area contributed by atoms with E-state index < -0.39 is 7.82 Å². The molecule has 6 N–H and O–H groups in total. The van der Waals surface area contributed by atoms with Gasteiger partial charge in [0.15, 0.2) is 0 Å². The van der Waals surface area contributed by atoms with E-state index in [2.05, 4.69) is 0 Å². The van der Waals surface area contributed by atoms with Gasteiger partial charge in [-0.25, -0.2) is 4.57 Å². The molecule has 1 radical (unpaired) electrons. The van der Waals surface area contributed by atoms with Gasteiger partial charge in [-0.05, 0) is 0 Å². The van der Waals surface area contributed by atoms with Gasteiger partial charge in [0.1, 0.15) is 0 Å². The zero-order valence-corrected chi connectivity index (χ0v) is 6.81. The van der Waals surface area contributed by atoms with Crippen molar-refractivity contribution >= 4 is 7.82 Å². The van der Waals surface area contributed by atoms with E-state index in [0.717, 1.165) is 0 Å². The van der Waals surface area contributed by atoms with Crippen molar-refractivity contribution in [2.75, 3.05) is 0 Å². The SMILES string of the molecule is N.O=P(O)(O)O.[Fe].[Mn]. The number of hydrogen-bond acceptors (Lipinski definition) is 2. The van der Waals surface area contributed by atoms with E-state index in [1.165, 1.54) is 0 Å². The molecule has 55 valence electrons. The minimum absolute atomic E-state index is 0. The van der Waals surface area contributed by atoms with Crippen molar-refractivity contribution in [2.45, 2.75) is 0 Å². The minimum atomic E-state index is -4.64. The fraction of sp³-hybridized carbons (Fsp3) is 0. The van der Waals surface area contributed by atoms with Gasteiger partial charge in [0.05, 0.1) is 0 Å². The van der Waals surface area contributed by atoms with Crippen molar-refractivity contribution in [1.29, 1.82) is 0 Å². The predicted molar refractivity (Wildman–Crippen MR) is 19.3 cm³/mol. The van der Waals surface area contributed by atoms with E-state index in [9.17, 15) is 0 Å². The van der Waals surface area contributed by atoms with E-state index in [1.54, 1.807) is 0 Å². The first-order valence-corrected chi connectivity index (χ1v) is 2.35. The summed E-state index contributed by atoms with van der Waals surface area (Å²) in [5, 5.41) is 0. The summed E-state index contributed by atoms with van der Waals surface area (Å²) in [5.41, 5.74) is 0. The van der Waals surface area contributed by atoms with Crippen LogP contribution in [0.2, 0.25) is 0 Å². The van der Waals surface area contributed by atoms with Gasteiger partial charge in [-0.1, -0.05) is 0 Å². The monoisotopic (exact) mass is 226 g/mol. The van der Waals surface area contributed by atoms with Crippen LogP contribution in [0.15, 0.2) is 0 Å². The van der Waals surface area contributed by atoms with E-state index in [1.807, 2.05) is 0 Å². The second-order valence-electron chi connectivity index (χ2n) is 0.513. The molecule has 0 aromatic carbocycles. The van der Waals surface area contributed by atoms with Crippen molar-refractivity contribution in [3.63, 3.8) is 0 Å². The van der Waals surface area contributed by atoms with E-state index in [4.69, 9.17) is 19.2 Å². The first-order valence-electron chi connectivity index (χ1n) is 0.783. The Balaban J connectivity index is -0.0000000267. The molecule has 5 nitrogen and oxygen atoms in total. The van der Waals surface area contributed by atoms with Crippen LogP contribution in [0.5, 0.6) is 0 Å². The van der Waals surface area contributed by atoms with Crippen LogP contribution in [0.4, 0.5) is 0 Å². The molecule has 0 aliphatic carbocycles. The van der Waals surface area contributed by atoms with Gasteiger partial charge < -0.3 is 20.8 Å². The maximum atomic E-state index is 8.88. The zero-order chi connectivity index (χ0) is 4.50. The normalized spacial score (nSPS) is 7.38. The molecule has 0 atom stereocenters. The second-order valence-corrected chi connectivity index (χ2v) is 1.54. The number of rotatable bonds is 0. The molecular weight excluding hydrogens is 220 g/mol. The molecule has 0 aromatic heterocycles. The molecule has 0 aromatic rings. The molecule has 0 fully saturated rings. The Bertz CT molecular complexity index is 62.2. The fourth-order valence-corrected chi connectivity index (χ4v) is 0. The van der Waals surface area contributed by atoms with Gasteiger partial charge in [-0.2, -0.15) is 0 Å². The van der Waals surface area contributed by atoms with E-state index in [-0.39, 0.29) is 40.3 Å². The largest absolute Gasteiger partial charge is 0.466 e. The van der Waals surface area contributed by atoms with E-state index >= 15 is 0 Å². The van der Waals surface area contributed by atoms with Crippen LogP contribution in [0.1, 0.15) is 0 Å². The van der Waals surface area contributed by atoms with Gasteiger partial charge in [-0.3, -0.25) is 0 Å². The Labute approximate surface area is 67.6 Å². The summed E-state index contributed by atoms with van der Waals surface area (Å²) in [7, 11) is -4.64. The molecule has 0 aliphatic rings. The fourth-order valence-electron chi connectivity index (χ4n) is 0. The second kappa shape index (κ2) is 8.11. The van der Waals surface area contributed by atoms with Crippen LogP contribution in [0, 0.1) is 0 Å². The third-order valence-corrected chi connectivity index (χ3v) is 0. The van der Waals surface area contributed by atoms with Crippen molar-refractivity contribution in [2.24, 2.45) is 0 Å². The molecule has 0 amide bonds. The zero-order valence-electron chi connectivity index (χ0n) is 3.64. The van der Waals surface area contributed by atoms with Crippen LogP contribution in [-0.2, 0) is 38.7 Å². The Morgan fingerprint density at radius 3 is 1.12 bits per heavy atom. The molecular formula is H6FeMnNO4P. The molecule has 0 spiro atoms. The summed E-state index contributed by atoms with van der Waals surface area (Å²) < 4.78 is 8.88. The number of hydrogen-bond donors (Lipinski definition) is 4. The van der Waals surface area contributed by atoms with E-state index in [0.29, 0.717) is 0 Å². The maximum absolute atomic E-state index is 8.88. The summed E-state index contributed by atoms with van der Waals surface area (Å²) in [6.07, 6.45) is 0. The average molecular weight is 226 g/mol. The molecule has 0 aliphatic heterocycles. The van der Waals surface area contributed by atoms with Gasteiger partial charge in [-0.15, -0.1) is 0 Å². The molecule has 0 heterocycles. The molecule has 0 unspecified atom stereocenters. The Morgan fingerprint density at radius 2 is 1.12 bits per heavy atom. The van der Waals surface area contributed by atoms with Gasteiger partial charge >= 0.3 is 7.82 Å². The first-order chi connectivity index (χ1) is 2.00. The predicted octanol–water partition coefficient (Wildman–Crippen LogP) is -0.772. The molecule has 0 rings (SSSR count). The molecule has 8 heteroatoms. The third-order valence-electron chi connectivity index (χ3n) is 0. The van der Waals surface area contributed by atoms with Crippen molar-refractivity contribution < 1.29 is 53.4 Å². The van der Waals surface area contributed by atoms with Crippen molar-refractivity contribution in [1.82, 2.24) is 6.15 Å². The van der Waals surface area contributed by atoms with Crippen LogP contribution >= 0.6 is 7.82 Å². The quantitative estimate of drug-likeness (QED) is 0.320. The van der Waals surface area contributed by atoms with Gasteiger partial charge in [0.25, 0.3) is 0 Å². The average Bonchev–Trinajstić information content (AvgIpc) is 0.722. The molecule has 0 saturated heterocycles. The Kier molecular flexibility index (Phi) is 23.3. The summed E-state index contributed by atoms with van der Waals surface area (Å²) >= 11 is 0. The van der Waals surface area contributed by atoms with Crippen molar-refractivity contribution in [3.8, 4) is 0 Å². The van der Waals surface area contributed by atoms with Crippen molar-refractivity contribution in [3.05, 3.63) is 0 Å². The Morgan fingerprint density at radius 1 is 1.12 bits per heavy atom. The van der Waals surface area contributed by atoms with Gasteiger partial charge in [0, 0.05) is 34.1 Å². The van der Waals surface area contributed by atoms with Crippen LogP contribution in [0.3, 0.4) is 0 Å². The summed E-state index contributed by atoms with van der Waals surface area (Å²) in [4.78, 5) is 21.6. The molecule has 0 saturated carbocycles. The number of phosphoric acid groups is 1. The summed E-state index contributed by atoms with van der Waals surface area (Å²) in [6.45, 7) is 0. The first kappa shape index (κ1) is 22.9. The van der Waals surface area contributed by atoms with Crippen LogP contribution in [-0.4, -0.2) is 14.7 Å². The maximum Gasteiger partial charge on any atom is 0.466 e. The van der Waals surface area contributed by atoms with Crippen LogP contribution < -0.4 is 6.15 Å². The summed E-state index contributed by atoms with van der Waals surface area (Å²) in [5.74, 6) is 0. The molecule has 0 bridgehead atoms. The Hall–Kier alpha value is 1.11. The van der Waals surface area contributed by atoms with Crippen LogP contribution in [0.25, 0.3) is 0 Å².